The molecule has 1 N–H and O–H groups in total. The van der Waals surface area contributed by atoms with Gasteiger partial charge in [0.15, 0.2) is 0 Å². The number of hydrogen-bond donors (Lipinski definition) is 1. The Hall–Kier alpha value is -0.540. The molecule has 14 heavy (non-hydrogen) atoms. The van der Waals surface area contributed by atoms with Crippen LogP contribution in [0.3, 0.4) is 0 Å². The van der Waals surface area contributed by atoms with Gasteiger partial charge in [0, 0.05) is 30.3 Å². The summed E-state index contributed by atoms with van der Waals surface area (Å²) in [6.45, 7) is 5.22. The second kappa shape index (κ2) is 6.04. The summed E-state index contributed by atoms with van der Waals surface area (Å²) in [7, 11) is 2.11. The monoisotopic (exact) mass is 256 g/mol. The lowest BCUT2D eigenvalue weighted by Crippen LogP contribution is -2.28. The fourth-order valence-electron chi connectivity index (χ4n) is 1.27. The van der Waals surface area contributed by atoms with Crippen molar-refractivity contribution in [2.24, 2.45) is 0 Å². The third-order valence-electron chi connectivity index (χ3n) is 2.12. The van der Waals surface area contributed by atoms with E-state index in [0.29, 0.717) is 0 Å². The molecule has 0 radical (unpaired) electrons. The van der Waals surface area contributed by atoms with E-state index in [2.05, 4.69) is 58.3 Å². The van der Waals surface area contributed by atoms with Gasteiger partial charge in [0.1, 0.15) is 0 Å². The maximum absolute atomic E-state index is 3.47. The summed E-state index contributed by atoms with van der Waals surface area (Å²) < 4.78 is 1.13. The van der Waals surface area contributed by atoms with Crippen LogP contribution in [-0.4, -0.2) is 26.7 Å². The summed E-state index contributed by atoms with van der Waals surface area (Å²) in [5.74, 6) is 0. The molecule has 0 spiro atoms. The number of rotatable bonds is 5. The molecular weight excluding hydrogens is 240 g/mol. The maximum atomic E-state index is 3.47. The van der Waals surface area contributed by atoms with Crippen LogP contribution in [0.4, 0.5) is 5.69 Å². The first kappa shape index (κ1) is 11.5. The molecule has 0 atom stereocenters. The lowest BCUT2D eigenvalue weighted by molar-refractivity contribution is 0.706. The minimum atomic E-state index is 1.03. The molecule has 0 bridgehead atoms. The van der Waals surface area contributed by atoms with Crippen molar-refractivity contribution in [1.82, 2.24) is 5.32 Å². The van der Waals surface area contributed by atoms with Crippen LogP contribution < -0.4 is 10.2 Å². The highest BCUT2D eigenvalue weighted by molar-refractivity contribution is 9.10. The van der Waals surface area contributed by atoms with Crippen LogP contribution in [0.25, 0.3) is 0 Å². The molecule has 0 aliphatic carbocycles. The highest BCUT2D eigenvalue weighted by atomic mass is 79.9. The molecule has 1 aromatic rings. The van der Waals surface area contributed by atoms with Crippen molar-refractivity contribution in [1.29, 1.82) is 0 Å². The summed E-state index contributed by atoms with van der Waals surface area (Å²) in [5, 5.41) is 3.31. The third kappa shape index (κ3) is 3.68. The predicted octanol–water partition coefficient (Wildman–Crippen LogP) is 2.49. The summed E-state index contributed by atoms with van der Waals surface area (Å²) in [6.07, 6.45) is 0. The number of nitrogens with one attached hydrogen (secondary N) is 1. The van der Waals surface area contributed by atoms with Crippen molar-refractivity contribution in [3.63, 3.8) is 0 Å². The molecular formula is C11H17BrN2. The van der Waals surface area contributed by atoms with Crippen molar-refractivity contribution in [3.8, 4) is 0 Å². The second-order valence-corrected chi connectivity index (χ2v) is 4.17. The Labute approximate surface area is 94.4 Å². The summed E-state index contributed by atoms with van der Waals surface area (Å²) >= 11 is 3.47. The number of hydrogen-bond acceptors (Lipinski definition) is 2. The Morgan fingerprint density at radius 2 is 2.21 bits per heavy atom. The normalized spacial score (nSPS) is 10.2. The third-order valence-corrected chi connectivity index (χ3v) is 2.62. The van der Waals surface area contributed by atoms with Gasteiger partial charge < -0.3 is 10.2 Å². The standard InChI is InChI=1S/C11H17BrN2/c1-3-13-7-8-14(2)11-6-4-5-10(12)9-11/h4-6,9,13H,3,7-8H2,1-2H3. The number of likely N-dealkylation sites (N-methyl/N-ethyl adjacent to an activating group) is 2. The van der Waals surface area contributed by atoms with Crippen molar-refractivity contribution < 1.29 is 0 Å². The first-order valence-electron chi connectivity index (χ1n) is 4.91. The number of anilines is 1. The van der Waals surface area contributed by atoms with E-state index >= 15 is 0 Å². The van der Waals surface area contributed by atoms with E-state index in [-0.39, 0.29) is 0 Å². The molecule has 2 nitrogen and oxygen atoms in total. The van der Waals surface area contributed by atoms with Gasteiger partial charge in [-0.2, -0.15) is 0 Å². The van der Waals surface area contributed by atoms with Gasteiger partial charge in [-0.05, 0) is 24.7 Å². The Bertz CT molecular complexity index is 276. The van der Waals surface area contributed by atoms with Crippen LogP contribution in [0.5, 0.6) is 0 Å². The van der Waals surface area contributed by atoms with Gasteiger partial charge in [0.2, 0.25) is 0 Å². The molecule has 1 rings (SSSR count). The van der Waals surface area contributed by atoms with E-state index in [4.69, 9.17) is 0 Å². The molecule has 1 aromatic carbocycles. The molecule has 0 aromatic heterocycles. The molecule has 0 amide bonds. The molecule has 0 unspecified atom stereocenters. The quantitative estimate of drug-likeness (QED) is 0.815. The zero-order valence-corrected chi connectivity index (χ0v) is 10.3. The first-order valence-corrected chi connectivity index (χ1v) is 5.70. The largest absolute Gasteiger partial charge is 0.373 e. The molecule has 0 fully saturated rings. The fourth-order valence-corrected chi connectivity index (χ4v) is 1.65. The highest BCUT2D eigenvalue weighted by Crippen LogP contribution is 2.18. The van der Waals surface area contributed by atoms with E-state index in [1.807, 2.05) is 6.07 Å². The van der Waals surface area contributed by atoms with Crippen LogP contribution in [-0.2, 0) is 0 Å². The van der Waals surface area contributed by atoms with Crippen molar-refractivity contribution in [3.05, 3.63) is 28.7 Å². The summed E-state index contributed by atoms with van der Waals surface area (Å²) in [4.78, 5) is 2.24. The topological polar surface area (TPSA) is 15.3 Å². The maximum Gasteiger partial charge on any atom is 0.0375 e. The van der Waals surface area contributed by atoms with Crippen LogP contribution in [0, 0.1) is 0 Å². The Balaban J connectivity index is 2.47. The Morgan fingerprint density at radius 3 is 2.86 bits per heavy atom. The minimum Gasteiger partial charge on any atom is -0.373 e. The molecule has 0 saturated carbocycles. The molecule has 0 saturated heterocycles. The van der Waals surface area contributed by atoms with E-state index in [1.165, 1.54) is 5.69 Å². The smallest absolute Gasteiger partial charge is 0.0375 e. The Kier molecular flexibility index (Phi) is 4.98. The van der Waals surface area contributed by atoms with Crippen LogP contribution in [0.1, 0.15) is 6.92 Å². The average molecular weight is 257 g/mol. The fraction of sp³-hybridized carbons (Fsp3) is 0.455. The SMILES string of the molecule is CCNCCN(C)c1cccc(Br)c1. The summed E-state index contributed by atoms with van der Waals surface area (Å²) in [6, 6.07) is 8.35. The minimum absolute atomic E-state index is 1.03. The average Bonchev–Trinajstić information content (AvgIpc) is 2.18. The number of halogens is 1. The van der Waals surface area contributed by atoms with Gasteiger partial charge in [0.05, 0.1) is 0 Å². The predicted molar refractivity (Wildman–Crippen MR) is 66.0 cm³/mol. The van der Waals surface area contributed by atoms with Crippen molar-refractivity contribution in [2.75, 3.05) is 31.6 Å². The number of benzene rings is 1. The molecule has 0 heterocycles. The van der Waals surface area contributed by atoms with Gasteiger partial charge >= 0.3 is 0 Å². The highest BCUT2D eigenvalue weighted by Gasteiger charge is 1.99. The van der Waals surface area contributed by atoms with Gasteiger partial charge in [0.25, 0.3) is 0 Å². The van der Waals surface area contributed by atoms with E-state index < -0.39 is 0 Å². The lowest BCUT2D eigenvalue weighted by atomic mass is 10.3. The first-order chi connectivity index (χ1) is 6.74. The Morgan fingerprint density at radius 1 is 1.43 bits per heavy atom. The van der Waals surface area contributed by atoms with Crippen LogP contribution in [0.15, 0.2) is 28.7 Å². The zero-order chi connectivity index (χ0) is 10.4. The van der Waals surface area contributed by atoms with Crippen molar-refractivity contribution >= 4 is 21.6 Å². The molecule has 0 aliphatic rings. The van der Waals surface area contributed by atoms with Crippen LogP contribution in [0.2, 0.25) is 0 Å². The van der Waals surface area contributed by atoms with Crippen LogP contribution >= 0.6 is 15.9 Å². The van der Waals surface area contributed by atoms with E-state index in [9.17, 15) is 0 Å². The number of nitrogens with zero attached hydrogens (tertiary/aromatic N) is 1. The molecule has 3 heteroatoms. The second-order valence-electron chi connectivity index (χ2n) is 3.25. The van der Waals surface area contributed by atoms with E-state index in [0.717, 1.165) is 24.1 Å². The van der Waals surface area contributed by atoms with Gasteiger partial charge in [-0.1, -0.05) is 28.9 Å². The van der Waals surface area contributed by atoms with Gasteiger partial charge in [-0.25, -0.2) is 0 Å². The zero-order valence-electron chi connectivity index (χ0n) is 8.76. The summed E-state index contributed by atoms with van der Waals surface area (Å²) in [5.41, 5.74) is 1.25. The molecule has 0 aliphatic heterocycles. The molecule has 78 valence electrons. The van der Waals surface area contributed by atoms with E-state index in [1.54, 1.807) is 0 Å². The van der Waals surface area contributed by atoms with Gasteiger partial charge in [-0.15, -0.1) is 0 Å². The van der Waals surface area contributed by atoms with Crippen molar-refractivity contribution in [2.45, 2.75) is 6.92 Å². The van der Waals surface area contributed by atoms with Gasteiger partial charge in [-0.3, -0.25) is 0 Å². The lowest BCUT2D eigenvalue weighted by Gasteiger charge is -2.19.